The van der Waals surface area contributed by atoms with Gasteiger partial charge in [0.25, 0.3) is 0 Å². The molecule has 1 rings (SSSR count). The van der Waals surface area contributed by atoms with E-state index in [4.69, 9.17) is 5.73 Å². The fraction of sp³-hybridized carbons (Fsp3) is 0.455. The van der Waals surface area contributed by atoms with E-state index in [1.807, 2.05) is 6.07 Å². The van der Waals surface area contributed by atoms with Crippen LogP contribution in [0.25, 0.3) is 0 Å². The van der Waals surface area contributed by atoms with E-state index < -0.39 is 0 Å². The van der Waals surface area contributed by atoms with Crippen LogP contribution in [-0.2, 0) is 0 Å². The van der Waals surface area contributed by atoms with Crippen molar-refractivity contribution in [1.82, 2.24) is 0 Å². The summed E-state index contributed by atoms with van der Waals surface area (Å²) >= 11 is 0. The van der Waals surface area contributed by atoms with Crippen LogP contribution in [0.4, 0.5) is 4.39 Å². The summed E-state index contributed by atoms with van der Waals surface area (Å²) < 4.78 is 13.2. The van der Waals surface area contributed by atoms with E-state index in [0.717, 1.165) is 19.3 Å². The number of benzene rings is 1. The molecule has 1 aromatic rings. The van der Waals surface area contributed by atoms with E-state index in [1.54, 1.807) is 12.1 Å². The number of unbranched alkanes of at least 4 members (excludes halogenated alkanes) is 1. The highest BCUT2D eigenvalue weighted by Crippen LogP contribution is 2.19. The topological polar surface area (TPSA) is 26.0 Å². The second-order valence-corrected chi connectivity index (χ2v) is 3.27. The molecule has 0 spiro atoms. The fourth-order valence-electron chi connectivity index (χ4n) is 1.36. The van der Waals surface area contributed by atoms with Gasteiger partial charge in [-0.05, 0) is 12.5 Å². The first-order valence-electron chi connectivity index (χ1n) is 4.75. The highest BCUT2D eigenvalue weighted by Gasteiger charge is 2.09. The summed E-state index contributed by atoms with van der Waals surface area (Å²) in [6.45, 7) is 2.11. The largest absolute Gasteiger partial charge is 0.324 e. The Kier molecular flexibility index (Phi) is 6.50. The molecule has 0 aliphatic carbocycles. The molecule has 0 amide bonds. The maximum atomic E-state index is 13.2. The highest BCUT2D eigenvalue weighted by molar-refractivity contribution is 5.85. The Bertz CT molecular complexity index is 265. The molecule has 80 valence electrons. The second kappa shape index (κ2) is 6.80. The first-order chi connectivity index (χ1) is 6.25. The van der Waals surface area contributed by atoms with Crippen molar-refractivity contribution in [2.24, 2.45) is 5.73 Å². The smallest absolute Gasteiger partial charge is 0.127 e. The standard InChI is InChI=1S/C11H16FN.ClH/c1-2-3-8-11(13)9-6-4-5-7-10(9)12;/h4-7,11H,2-3,8,13H2,1H3;1H/t11-;/m1./s1. The minimum Gasteiger partial charge on any atom is -0.324 e. The summed E-state index contributed by atoms with van der Waals surface area (Å²) in [7, 11) is 0. The molecule has 0 saturated heterocycles. The fourth-order valence-corrected chi connectivity index (χ4v) is 1.36. The zero-order chi connectivity index (χ0) is 9.68. The number of nitrogens with two attached hydrogens (primary N) is 1. The lowest BCUT2D eigenvalue weighted by Gasteiger charge is -2.11. The molecule has 0 fully saturated rings. The number of hydrogen-bond acceptors (Lipinski definition) is 1. The van der Waals surface area contributed by atoms with Crippen LogP contribution in [0.2, 0.25) is 0 Å². The van der Waals surface area contributed by atoms with Gasteiger partial charge in [0, 0.05) is 11.6 Å². The first-order valence-corrected chi connectivity index (χ1v) is 4.75. The van der Waals surface area contributed by atoms with Crippen LogP contribution in [0.15, 0.2) is 24.3 Å². The van der Waals surface area contributed by atoms with Gasteiger partial charge < -0.3 is 5.73 Å². The Labute approximate surface area is 90.9 Å². The quantitative estimate of drug-likeness (QED) is 0.822. The number of rotatable bonds is 4. The van der Waals surface area contributed by atoms with Gasteiger partial charge in [-0.3, -0.25) is 0 Å². The molecule has 2 N–H and O–H groups in total. The van der Waals surface area contributed by atoms with Crippen molar-refractivity contribution in [2.45, 2.75) is 32.2 Å². The Morgan fingerprint density at radius 2 is 2.00 bits per heavy atom. The molecule has 1 nitrogen and oxygen atoms in total. The number of hydrogen-bond donors (Lipinski definition) is 1. The predicted octanol–water partition coefficient (Wildman–Crippen LogP) is 3.44. The third-order valence-corrected chi connectivity index (χ3v) is 2.17. The van der Waals surface area contributed by atoms with Crippen molar-refractivity contribution in [3.8, 4) is 0 Å². The van der Waals surface area contributed by atoms with E-state index in [0.29, 0.717) is 5.56 Å². The van der Waals surface area contributed by atoms with Crippen LogP contribution < -0.4 is 5.73 Å². The maximum absolute atomic E-state index is 13.2. The molecule has 0 radical (unpaired) electrons. The van der Waals surface area contributed by atoms with E-state index >= 15 is 0 Å². The van der Waals surface area contributed by atoms with E-state index in [2.05, 4.69) is 6.92 Å². The highest BCUT2D eigenvalue weighted by atomic mass is 35.5. The van der Waals surface area contributed by atoms with Crippen molar-refractivity contribution < 1.29 is 4.39 Å². The van der Waals surface area contributed by atoms with Crippen molar-refractivity contribution in [3.05, 3.63) is 35.6 Å². The average Bonchev–Trinajstić information content (AvgIpc) is 2.15. The van der Waals surface area contributed by atoms with Crippen molar-refractivity contribution >= 4 is 12.4 Å². The molecule has 3 heteroatoms. The summed E-state index contributed by atoms with van der Waals surface area (Å²) in [5, 5.41) is 0. The van der Waals surface area contributed by atoms with E-state index in [9.17, 15) is 4.39 Å². The summed E-state index contributed by atoms with van der Waals surface area (Å²) in [5.41, 5.74) is 6.48. The molecular weight excluding hydrogens is 201 g/mol. The Morgan fingerprint density at radius 1 is 1.36 bits per heavy atom. The summed E-state index contributed by atoms with van der Waals surface area (Å²) in [6, 6.07) is 6.58. The molecule has 0 aromatic heterocycles. The van der Waals surface area contributed by atoms with Gasteiger partial charge in [0.05, 0.1) is 0 Å². The van der Waals surface area contributed by atoms with Gasteiger partial charge in [0.15, 0.2) is 0 Å². The Morgan fingerprint density at radius 3 is 2.57 bits per heavy atom. The van der Waals surface area contributed by atoms with Crippen LogP contribution in [0.5, 0.6) is 0 Å². The molecule has 0 aliphatic rings. The number of halogens is 2. The molecule has 0 heterocycles. The zero-order valence-electron chi connectivity index (χ0n) is 8.37. The van der Waals surface area contributed by atoms with Gasteiger partial charge >= 0.3 is 0 Å². The summed E-state index contributed by atoms with van der Waals surface area (Å²) in [5.74, 6) is -0.189. The first kappa shape index (κ1) is 13.4. The van der Waals surface area contributed by atoms with Crippen LogP contribution in [-0.4, -0.2) is 0 Å². The van der Waals surface area contributed by atoms with Crippen molar-refractivity contribution in [2.75, 3.05) is 0 Å². The predicted molar refractivity (Wildman–Crippen MR) is 60.1 cm³/mol. The molecule has 0 unspecified atom stereocenters. The van der Waals surface area contributed by atoms with Crippen molar-refractivity contribution in [1.29, 1.82) is 0 Å². The summed E-state index contributed by atoms with van der Waals surface area (Å²) in [4.78, 5) is 0. The minimum atomic E-state index is -0.189. The Balaban J connectivity index is 0.00000169. The molecule has 0 saturated carbocycles. The second-order valence-electron chi connectivity index (χ2n) is 3.27. The lowest BCUT2D eigenvalue weighted by molar-refractivity contribution is 0.548. The van der Waals surface area contributed by atoms with Gasteiger partial charge in [-0.1, -0.05) is 38.0 Å². The van der Waals surface area contributed by atoms with E-state index in [-0.39, 0.29) is 24.3 Å². The van der Waals surface area contributed by atoms with Gasteiger partial charge in [-0.15, -0.1) is 12.4 Å². The molecule has 0 aliphatic heterocycles. The van der Waals surface area contributed by atoms with Crippen molar-refractivity contribution in [3.63, 3.8) is 0 Å². The lowest BCUT2D eigenvalue weighted by atomic mass is 10.0. The molecular formula is C11H17ClFN. The molecule has 1 atom stereocenters. The third-order valence-electron chi connectivity index (χ3n) is 2.17. The Hall–Kier alpha value is -0.600. The van der Waals surface area contributed by atoms with Gasteiger partial charge in [0.2, 0.25) is 0 Å². The maximum Gasteiger partial charge on any atom is 0.127 e. The molecule has 14 heavy (non-hydrogen) atoms. The third kappa shape index (κ3) is 3.64. The lowest BCUT2D eigenvalue weighted by Crippen LogP contribution is -2.11. The van der Waals surface area contributed by atoms with Crippen LogP contribution in [0.1, 0.15) is 37.8 Å². The zero-order valence-corrected chi connectivity index (χ0v) is 9.19. The van der Waals surface area contributed by atoms with Gasteiger partial charge in [0.1, 0.15) is 5.82 Å². The van der Waals surface area contributed by atoms with Crippen LogP contribution >= 0.6 is 12.4 Å². The normalized spacial score (nSPS) is 11.9. The minimum absolute atomic E-state index is 0. The van der Waals surface area contributed by atoms with Gasteiger partial charge in [-0.25, -0.2) is 4.39 Å². The van der Waals surface area contributed by atoms with Crippen LogP contribution in [0, 0.1) is 5.82 Å². The SMILES string of the molecule is CCCC[C@@H](N)c1ccccc1F.Cl. The van der Waals surface area contributed by atoms with Gasteiger partial charge in [-0.2, -0.15) is 0 Å². The average molecular weight is 218 g/mol. The van der Waals surface area contributed by atoms with Crippen LogP contribution in [0.3, 0.4) is 0 Å². The van der Waals surface area contributed by atoms with E-state index in [1.165, 1.54) is 6.07 Å². The molecule has 1 aromatic carbocycles. The summed E-state index contributed by atoms with van der Waals surface area (Å²) in [6.07, 6.45) is 3.01. The molecule has 0 bridgehead atoms. The monoisotopic (exact) mass is 217 g/mol.